The number of hydrogen-bond acceptors (Lipinski definition) is 6. The van der Waals surface area contributed by atoms with Gasteiger partial charge in [0.1, 0.15) is 6.10 Å². The first kappa shape index (κ1) is 26.0. The molecule has 6 N–H and O–H groups in total. The largest absolute Gasteiger partial charge is 0.550 e. The predicted octanol–water partition coefficient (Wildman–Crippen LogP) is -2.51. The smallest absolute Gasteiger partial charge is 0.270 e. The first-order valence-electron chi connectivity index (χ1n) is 10.4. The Hall–Kier alpha value is -4.25. The first-order chi connectivity index (χ1) is 16.2. The lowest BCUT2D eigenvalue weighted by Crippen LogP contribution is -2.56. The Kier molecular flexibility index (Phi) is 9.72. The fourth-order valence-corrected chi connectivity index (χ4v) is 2.93. The molecular weight excluding hydrogens is 442 g/mol. The number of nitrogens with one attached hydrogen (secondary N) is 2. The number of carbonyl (C=O) groups excluding carboxylic acids is 4. The van der Waals surface area contributed by atoms with Crippen molar-refractivity contribution in [2.75, 3.05) is 13.2 Å². The van der Waals surface area contributed by atoms with Crippen LogP contribution in [0.5, 0.6) is 0 Å². The number of morpholine rings is 1. The van der Waals surface area contributed by atoms with Crippen molar-refractivity contribution in [2.24, 2.45) is 5.73 Å². The van der Waals surface area contributed by atoms with Crippen molar-refractivity contribution in [3.05, 3.63) is 71.3 Å². The third kappa shape index (κ3) is 8.36. The number of amides is 3. The van der Waals surface area contributed by atoms with Gasteiger partial charge in [0.05, 0.1) is 25.1 Å². The summed E-state index contributed by atoms with van der Waals surface area (Å²) in [5.41, 5.74) is 10.1. The number of ether oxygens (including phenoxy) is 1. The van der Waals surface area contributed by atoms with E-state index in [1.54, 1.807) is 54.6 Å². The third-order valence-electron chi connectivity index (χ3n) is 4.60. The van der Waals surface area contributed by atoms with Gasteiger partial charge in [0.25, 0.3) is 17.6 Å². The number of rotatable bonds is 7. The lowest BCUT2D eigenvalue weighted by molar-refractivity contribution is -0.302. The summed E-state index contributed by atoms with van der Waals surface area (Å²) in [5.74, 6) is -2.05. The zero-order valence-electron chi connectivity index (χ0n) is 18.7. The summed E-state index contributed by atoms with van der Waals surface area (Å²) in [6, 6.07) is 15.7. The summed E-state index contributed by atoms with van der Waals surface area (Å²) < 4.78 is 5.44. The predicted molar refractivity (Wildman–Crippen MR) is 119 cm³/mol. The Bertz CT molecular complexity index is 1020. The highest BCUT2D eigenvalue weighted by Crippen LogP contribution is 2.10. The van der Waals surface area contributed by atoms with E-state index in [-0.39, 0.29) is 31.3 Å². The molecule has 2 aromatic rings. The molecule has 0 saturated carbocycles. The van der Waals surface area contributed by atoms with Crippen LogP contribution in [0.15, 0.2) is 54.6 Å². The van der Waals surface area contributed by atoms with Gasteiger partial charge in [-0.25, -0.2) is 5.01 Å². The molecular formula is C23H27N5O6. The Morgan fingerprint density at radius 2 is 1.74 bits per heavy atom. The third-order valence-corrected chi connectivity index (χ3v) is 4.60. The van der Waals surface area contributed by atoms with Gasteiger partial charge in [0.15, 0.2) is 0 Å². The topological polar surface area (TPSA) is 179 Å². The molecule has 1 heterocycles. The molecule has 11 nitrogen and oxygen atoms in total. The highest BCUT2D eigenvalue weighted by Gasteiger charge is 2.32. The van der Waals surface area contributed by atoms with Gasteiger partial charge < -0.3 is 20.0 Å². The van der Waals surface area contributed by atoms with Crippen molar-refractivity contribution in [3.63, 3.8) is 0 Å². The summed E-state index contributed by atoms with van der Waals surface area (Å²) >= 11 is 0. The zero-order chi connectivity index (χ0) is 25.1. The minimum atomic E-state index is -1.08. The molecule has 3 amide bonds. The number of carboxylic acids is 1. The SMILES string of the molecule is CC(=O)[O-].NC(=[NH2+])c1ccc(CNC(=O)C[C@H]2OCCN(NC(=O)c3ccccc3)C2=O)cc1. The van der Waals surface area contributed by atoms with E-state index in [0.717, 1.165) is 12.5 Å². The van der Waals surface area contributed by atoms with E-state index in [0.29, 0.717) is 17.7 Å². The van der Waals surface area contributed by atoms with Crippen molar-refractivity contribution in [1.82, 2.24) is 15.8 Å². The van der Waals surface area contributed by atoms with E-state index in [9.17, 15) is 14.4 Å². The van der Waals surface area contributed by atoms with Crippen molar-refractivity contribution in [3.8, 4) is 0 Å². The van der Waals surface area contributed by atoms with Crippen molar-refractivity contribution >= 4 is 29.5 Å². The molecule has 180 valence electrons. The highest BCUT2D eigenvalue weighted by molar-refractivity contribution is 5.96. The number of nitrogens with zero attached hydrogens (tertiary/aromatic N) is 1. The maximum absolute atomic E-state index is 12.6. The molecule has 11 heteroatoms. The molecule has 0 bridgehead atoms. The van der Waals surface area contributed by atoms with Crippen LogP contribution >= 0.6 is 0 Å². The average Bonchev–Trinajstić information content (AvgIpc) is 2.80. The summed E-state index contributed by atoms with van der Waals surface area (Å²) in [7, 11) is 0. The Morgan fingerprint density at radius 1 is 1.12 bits per heavy atom. The summed E-state index contributed by atoms with van der Waals surface area (Å²) in [5, 5.41) is 18.4. The molecule has 0 radical (unpaired) electrons. The van der Waals surface area contributed by atoms with Crippen LogP contribution in [0.25, 0.3) is 0 Å². The lowest BCUT2D eigenvalue weighted by Gasteiger charge is -2.32. The first-order valence-corrected chi connectivity index (χ1v) is 10.4. The van der Waals surface area contributed by atoms with Gasteiger partial charge in [-0.1, -0.05) is 30.3 Å². The fraction of sp³-hybridized carbons (Fsp3) is 0.261. The summed E-state index contributed by atoms with van der Waals surface area (Å²) in [6.45, 7) is 1.69. The van der Waals surface area contributed by atoms with Crippen LogP contribution in [0.3, 0.4) is 0 Å². The Labute approximate surface area is 196 Å². The van der Waals surface area contributed by atoms with Crippen LogP contribution in [-0.2, 0) is 25.7 Å². The lowest BCUT2D eigenvalue weighted by atomic mass is 10.1. The summed E-state index contributed by atoms with van der Waals surface area (Å²) in [4.78, 5) is 46.0. The second-order valence-electron chi connectivity index (χ2n) is 7.28. The number of carbonyl (C=O) groups is 4. The van der Waals surface area contributed by atoms with Crippen LogP contribution in [-0.4, -0.2) is 53.8 Å². The normalized spacial score (nSPS) is 14.9. The highest BCUT2D eigenvalue weighted by atomic mass is 16.5. The zero-order valence-corrected chi connectivity index (χ0v) is 18.7. The molecule has 0 aromatic heterocycles. The molecule has 0 aliphatic carbocycles. The molecule has 3 rings (SSSR count). The van der Waals surface area contributed by atoms with Crippen molar-refractivity contribution in [1.29, 1.82) is 0 Å². The number of carboxylic acid groups (broad SMARTS) is 1. The monoisotopic (exact) mass is 469 g/mol. The minimum Gasteiger partial charge on any atom is -0.550 e. The van der Waals surface area contributed by atoms with Crippen LogP contribution in [0.2, 0.25) is 0 Å². The number of hydrogen-bond donors (Lipinski definition) is 4. The van der Waals surface area contributed by atoms with Gasteiger partial charge in [0, 0.05) is 18.1 Å². The van der Waals surface area contributed by atoms with Crippen LogP contribution < -0.4 is 27.0 Å². The maximum atomic E-state index is 12.6. The maximum Gasteiger partial charge on any atom is 0.270 e. The van der Waals surface area contributed by atoms with Gasteiger partial charge >= 0.3 is 0 Å². The van der Waals surface area contributed by atoms with Gasteiger partial charge in [-0.3, -0.25) is 31.0 Å². The second-order valence-corrected chi connectivity index (χ2v) is 7.28. The van der Waals surface area contributed by atoms with Gasteiger partial charge in [-0.15, -0.1) is 0 Å². The number of benzene rings is 2. The molecule has 1 aliphatic heterocycles. The molecule has 1 aliphatic rings. The van der Waals surface area contributed by atoms with Gasteiger partial charge in [0.2, 0.25) is 5.91 Å². The van der Waals surface area contributed by atoms with Crippen molar-refractivity contribution < 1.29 is 34.4 Å². The van der Waals surface area contributed by atoms with Gasteiger partial charge in [-0.2, -0.15) is 0 Å². The molecule has 1 atom stereocenters. The van der Waals surface area contributed by atoms with Crippen LogP contribution in [0.4, 0.5) is 0 Å². The van der Waals surface area contributed by atoms with Crippen LogP contribution in [0.1, 0.15) is 34.8 Å². The van der Waals surface area contributed by atoms with E-state index in [2.05, 4.69) is 10.7 Å². The molecule has 0 spiro atoms. The second kappa shape index (κ2) is 12.7. The van der Waals surface area contributed by atoms with E-state index in [1.807, 2.05) is 0 Å². The summed E-state index contributed by atoms with van der Waals surface area (Å²) in [6.07, 6.45) is -1.10. The van der Waals surface area contributed by atoms with E-state index in [4.69, 9.17) is 25.8 Å². The number of hydrazine groups is 1. The molecule has 1 fully saturated rings. The van der Waals surface area contributed by atoms with E-state index >= 15 is 0 Å². The van der Waals surface area contributed by atoms with E-state index < -0.39 is 23.9 Å². The molecule has 0 unspecified atom stereocenters. The number of aliphatic carboxylic acids is 1. The van der Waals surface area contributed by atoms with Crippen LogP contribution in [0, 0.1) is 0 Å². The van der Waals surface area contributed by atoms with E-state index in [1.165, 1.54) is 5.01 Å². The standard InChI is InChI=1S/C21H23N5O4.C2H4O2/c22-19(23)15-8-6-14(7-9-15)13-24-18(27)12-17-21(29)26(10-11-30-17)25-20(28)16-4-2-1-3-5-16;1-2(3)4/h1-9,17H,10-13H2,(H3,22,23)(H,24,27)(H,25,28);1H3,(H,3,4)/t17-;/m1./s1. The number of nitrogens with two attached hydrogens (primary N) is 2. The Balaban J connectivity index is 0.000000945. The van der Waals surface area contributed by atoms with Crippen molar-refractivity contribution in [2.45, 2.75) is 26.0 Å². The average molecular weight is 469 g/mol. The quantitative estimate of drug-likeness (QED) is 0.255. The molecule has 34 heavy (non-hydrogen) atoms. The number of amidine groups is 1. The Morgan fingerprint density at radius 3 is 2.32 bits per heavy atom. The van der Waals surface area contributed by atoms with Gasteiger partial charge in [-0.05, 0) is 36.8 Å². The molecule has 2 aromatic carbocycles. The fourth-order valence-electron chi connectivity index (χ4n) is 2.93. The molecule has 1 saturated heterocycles. The minimum absolute atomic E-state index is 0.141.